The fourth-order valence-electron chi connectivity index (χ4n) is 1.82. The number of hydrogen-bond donors (Lipinski definition) is 1. The van der Waals surface area contributed by atoms with Crippen molar-refractivity contribution in [3.8, 4) is 11.8 Å². The molecule has 0 aliphatic carbocycles. The van der Waals surface area contributed by atoms with E-state index >= 15 is 0 Å². The zero-order valence-corrected chi connectivity index (χ0v) is 13.1. The molecule has 1 N–H and O–H groups in total. The van der Waals surface area contributed by atoms with E-state index in [4.69, 9.17) is 16.3 Å². The first kappa shape index (κ1) is 14.7. The van der Waals surface area contributed by atoms with Crippen LogP contribution >= 0.6 is 27.5 Å². The molecule has 20 heavy (non-hydrogen) atoms. The Hall–Kier alpha value is -1.70. The van der Waals surface area contributed by atoms with Gasteiger partial charge in [0.1, 0.15) is 11.8 Å². The van der Waals surface area contributed by atoms with Crippen LogP contribution < -0.4 is 10.1 Å². The highest BCUT2D eigenvalue weighted by Gasteiger charge is 2.16. The van der Waals surface area contributed by atoms with Gasteiger partial charge >= 0.3 is 0 Å². The summed E-state index contributed by atoms with van der Waals surface area (Å²) in [7, 11) is 1.59. The molecule has 1 atom stereocenters. The lowest BCUT2D eigenvalue weighted by atomic mass is 10.1. The fourth-order valence-corrected chi connectivity index (χ4v) is 2.33. The summed E-state index contributed by atoms with van der Waals surface area (Å²) >= 11 is 9.26. The zero-order chi connectivity index (χ0) is 14.5. The summed E-state index contributed by atoms with van der Waals surface area (Å²) in [5, 5.41) is 13.2. The zero-order valence-electron chi connectivity index (χ0n) is 10.7. The molecule has 2 aromatic rings. The van der Waals surface area contributed by atoms with Crippen LogP contribution in [0.3, 0.4) is 0 Å². The molecule has 102 valence electrons. The first-order valence-corrected chi connectivity index (χ1v) is 7.06. The van der Waals surface area contributed by atoms with Gasteiger partial charge in [-0.3, -0.25) is 0 Å². The second kappa shape index (κ2) is 6.65. The quantitative estimate of drug-likeness (QED) is 0.861. The van der Waals surface area contributed by atoms with Gasteiger partial charge in [-0.25, -0.2) is 0 Å². The SMILES string of the molecule is COc1ccc(Br)cc1C(C#N)Nc1ccc(Cl)cc1. The maximum Gasteiger partial charge on any atom is 0.143 e. The van der Waals surface area contributed by atoms with E-state index in [1.165, 1.54) is 0 Å². The van der Waals surface area contributed by atoms with Crippen LogP contribution in [0.15, 0.2) is 46.9 Å². The number of hydrogen-bond acceptors (Lipinski definition) is 3. The molecule has 0 aromatic heterocycles. The lowest BCUT2D eigenvalue weighted by molar-refractivity contribution is 0.409. The highest BCUT2D eigenvalue weighted by molar-refractivity contribution is 9.10. The second-order valence-electron chi connectivity index (χ2n) is 4.10. The summed E-state index contributed by atoms with van der Waals surface area (Å²) < 4.78 is 6.20. The van der Waals surface area contributed by atoms with Gasteiger partial charge in [-0.2, -0.15) is 5.26 Å². The van der Waals surface area contributed by atoms with E-state index in [9.17, 15) is 5.26 Å². The molecule has 0 saturated heterocycles. The summed E-state index contributed by atoms with van der Waals surface area (Å²) in [5.41, 5.74) is 1.60. The molecular weight excluding hydrogens is 340 g/mol. The molecule has 0 aliphatic heterocycles. The largest absolute Gasteiger partial charge is 0.496 e. The van der Waals surface area contributed by atoms with E-state index in [1.807, 2.05) is 30.3 Å². The first-order valence-electron chi connectivity index (χ1n) is 5.89. The molecule has 2 rings (SSSR count). The van der Waals surface area contributed by atoms with Crippen molar-refractivity contribution in [1.82, 2.24) is 0 Å². The second-order valence-corrected chi connectivity index (χ2v) is 5.45. The standard InChI is InChI=1S/C15H12BrClN2O/c1-20-15-7-2-10(16)8-13(15)14(9-18)19-12-5-3-11(17)4-6-12/h2-8,14,19H,1H3. The smallest absolute Gasteiger partial charge is 0.143 e. The van der Waals surface area contributed by atoms with Crippen LogP contribution in [0.2, 0.25) is 5.02 Å². The van der Waals surface area contributed by atoms with Crippen LogP contribution in [0.1, 0.15) is 11.6 Å². The van der Waals surface area contributed by atoms with Crippen molar-refractivity contribution in [3.63, 3.8) is 0 Å². The van der Waals surface area contributed by atoms with Gasteiger partial charge in [0.25, 0.3) is 0 Å². The Morgan fingerprint density at radius 2 is 1.95 bits per heavy atom. The first-order chi connectivity index (χ1) is 9.63. The molecule has 3 nitrogen and oxygen atoms in total. The summed E-state index contributed by atoms with van der Waals surface area (Å²) in [6.45, 7) is 0. The Morgan fingerprint density at radius 1 is 1.25 bits per heavy atom. The summed E-state index contributed by atoms with van der Waals surface area (Å²) in [5.74, 6) is 0.668. The topological polar surface area (TPSA) is 45.0 Å². The van der Waals surface area contributed by atoms with Gasteiger partial charge in [0.05, 0.1) is 13.2 Å². The number of methoxy groups -OCH3 is 1. The molecule has 0 saturated carbocycles. The van der Waals surface area contributed by atoms with Crippen LogP contribution in [0.25, 0.3) is 0 Å². The van der Waals surface area contributed by atoms with E-state index in [2.05, 4.69) is 27.3 Å². The van der Waals surface area contributed by atoms with Crippen molar-refractivity contribution in [2.45, 2.75) is 6.04 Å². The average molecular weight is 352 g/mol. The van der Waals surface area contributed by atoms with E-state index < -0.39 is 6.04 Å². The fraction of sp³-hybridized carbons (Fsp3) is 0.133. The molecule has 0 spiro atoms. The lowest BCUT2D eigenvalue weighted by Gasteiger charge is -2.16. The number of rotatable bonds is 4. The average Bonchev–Trinajstić information content (AvgIpc) is 2.46. The van der Waals surface area contributed by atoms with Gasteiger partial charge in [0.15, 0.2) is 0 Å². The van der Waals surface area contributed by atoms with Crippen LogP contribution in [0.5, 0.6) is 5.75 Å². The Balaban J connectivity index is 2.31. The predicted octanol–water partition coefficient (Wildman–Crippen LogP) is 4.79. The molecule has 1 unspecified atom stereocenters. The molecular formula is C15H12BrClN2O. The van der Waals surface area contributed by atoms with Gasteiger partial charge in [-0.15, -0.1) is 0 Å². The minimum atomic E-state index is -0.511. The Labute approximate surface area is 131 Å². The molecule has 0 amide bonds. The number of ether oxygens (including phenoxy) is 1. The Morgan fingerprint density at radius 3 is 2.55 bits per heavy atom. The number of benzene rings is 2. The van der Waals surface area contributed by atoms with Gasteiger partial charge in [-0.1, -0.05) is 27.5 Å². The number of nitrogens with zero attached hydrogens (tertiary/aromatic N) is 1. The molecule has 0 radical (unpaired) electrons. The summed E-state index contributed by atoms with van der Waals surface area (Å²) in [6, 6.07) is 14.5. The minimum absolute atomic E-state index is 0.511. The number of nitrogens with one attached hydrogen (secondary N) is 1. The monoisotopic (exact) mass is 350 g/mol. The maximum atomic E-state index is 9.40. The lowest BCUT2D eigenvalue weighted by Crippen LogP contribution is -2.10. The molecule has 0 heterocycles. The highest BCUT2D eigenvalue weighted by atomic mass is 79.9. The third-order valence-electron chi connectivity index (χ3n) is 2.79. The third-order valence-corrected chi connectivity index (χ3v) is 3.53. The predicted molar refractivity (Wildman–Crippen MR) is 84.1 cm³/mol. The van der Waals surface area contributed by atoms with Crippen molar-refractivity contribution in [2.24, 2.45) is 0 Å². The highest BCUT2D eigenvalue weighted by Crippen LogP contribution is 2.30. The van der Waals surface area contributed by atoms with Gasteiger partial charge in [-0.05, 0) is 42.5 Å². The van der Waals surface area contributed by atoms with Crippen molar-refractivity contribution >= 4 is 33.2 Å². The van der Waals surface area contributed by atoms with E-state index in [0.717, 1.165) is 15.7 Å². The van der Waals surface area contributed by atoms with Crippen molar-refractivity contribution in [3.05, 3.63) is 57.5 Å². The Kier molecular flexibility index (Phi) is 4.89. The van der Waals surface area contributed by atoms with E-state index in [1.54, 1.807) is 19.2 Å². The van der Waals surface area contributed by atoms with Crippen LogP contribution in [0.4, 0.5) is 5.69 Å². The van der Waals surface area contributed by atoms with Gasteiger partial charge in [0, 0.05) is 20.7 Å². The minimum Gasteiger partial charge on any atom is -0.496 e. The van der Waals surface area contributed by atoms with E-state index in [0.29, 0.717) is 10.8 Å². The maximum absolute atomic E-state index is 9.40. The number of nitriles is 1. The van der Waals surface area contributed by atoms with Gasteiger partial charge < -0.3 is 10.1 Å². The third kappa shape index (κ3) is 3.44. The number of halogens is 2. The number of anilines is 1. The van der Waals surface area contributed by atoms with Gasteiger partial charge in [0.2, 0.25) is 0 Å². The molecule has 2 aromatic carbocycles. The molecule has 0 fully saturated rings. The van der Waals surface area contributed by atoms with Crippen LogP contribution in [-0.2, 0) is 0 Å². The van der Waals surface area contributed by atoms with Crippen LogP contribution in [-0.4, -0.2) is 7.11 Å². The van der Waals surface area contributed by atoms with Crippen molar-refractivity contribution in [1.29, 1.82) is 5.26 Å². The van der Waals surface area contributed by atoms with Crippen LogP contribution in [0, 0.1) is 11.3 Å². The van der Waals surface area contributed by atoms with Crippen molar-refractivity contribution < 1.29 is 4.74 Å². The van der Waals surface area contributed by atoms with E-state index in [-0.39, 0.29) is 0 Å². The molecule has 5 heteroatoms. The summed E-state index contributed by atoms with van der Waals surface area (Å²) in [4.78, 5) is 0. The van der Waals surface area contributed by atoms with Crippen molar-refractivity contribution in [2.75, 3.05) is 12.4 Å². The molecule has 0 bridgehead atoms. The Bertz CT molecular complexity index is 637. The molecule has 0 aliphatic rings. The normalized spacial score (nSPS) is 11.5. The summed E-state index contributed by atoms with van der Waals surface area (Å²) in [6.07, 6.45) is 0.